The molecule has 1 heterocycles. The van der Waals surface area contributed by atoms with E-state index in [2.05, 4.69) is 34.4 Å². The molecular weight excluding hydrogens is 200 g/mol. The zero-order valence-electron chi connectivity index (χ0n) is 10.7. The summed E-state index contributed by atoms with van der Waals surface area (Å²) < 4.78 is 0. The van der Waals surface area contributed by atoms with Gasteiger partial charge in [-0.3, -0.25) is 0 Å². The third-order valence-corrected chi connectivity index (χ3v) is 2.34. The molecule has 0 amide bonds. The van der Waals surface area contributed by atoms with Crippen molar-refractivity contribution in [2.24, 2.45) is 5.92 Å². The first-order valence-electron chi connectivity index (χ1n) is 5.89. The van der Waals surface area contributed by atoms with E-state index in [1.807, 2.05) is 20.0 Å². The molecule has 2 N–H and O–H groups in total. The Morgan fingerprint density at radius 3 is 2.69 bits per heavy atom. The van der Waals surface area contributed by atoms with E-state index >= 15 is 0 Å². The minimum atomic E-state index is 0.673. The maximum absolute atomic E-state index is 4.34. The van der Waals surface area contributed by atoms with E-state index in [4.69, 9.17) is 0 Å². The molecule has 4 heteroatoms. The first-order chi connectivity index (χ1) is 7.61. The van der Waals surface area contributed by atoms with Crippen LogP contribution in [0, 0.1) is 12.8 Å². The summed E-state index contributed by atoms with van der Waals surface area (Å²) in [7, 11) is 1.83. The number of hydrogen-bond donors (Lipinski definition) is 2. The number of nitrogens with one attached hydrogen (secondary N) is 2. The third-order valence-electron chi connectivity index (χ3n) is 2.34. The van der Waals surface area contributed by atoms with Gasteiger partial charge < -0.3 is 10.6 Å². The van der Waals surface area contributed by atoms with E-state index in [9.17, 15) is 0 Å². The lowest BCUT2D eigenvalue weighted by atomic mass is 10.1. The SMILES string of the molecule is CNc1nc(C)cc(NCCCC(C)C)n1. The second-order valence-electron chi connectivity index (χ2n) is 4.43. The lowest BCUT2D eigenvalue weighted by Gasteiger charge is -2.09. The topological polar surface area (TPSA) is 49.8 Å². The minimum absolute atomic E-state index is 0.673. The van der Waals surface area contributed by atoms with Crippen LogP contribution in [-0.4, -0.2) is 23.6 Å². The summed E-state index contributed by atoms with van der Waals surface area (Å²) >= 11 is 0. The van der Waals surface area contributed by atoms with Gasteiger partial charge in [0.25, 0.3) is 0 Å². The number of nitrogens with zero attached hydrogens (tertiary/aromatic N) is 2. The molecule has 0 saturated heterocycles. The van der Waals surface area contributed by atoms with Crippen LogP contribution in [-0.2, 0) is 0 Å². The second kappa shape index (κ2) is 6.30. The van der Waals surface area contributed by atoms with E-state index in [0.717, 1.165) is 24.0 Å². The quantitative estimate of drug-likeness (QED) is 0.727. The molecule has 0 aliphatic rings. The van der Waals surface area contributed by atoms with Gasteiger partial charge in [0.2, 0.25) is 5.95 Å². The Morgan fingerprint density at radius 1 is 1.31 bits per heavy atom. The van der Waals surface area contributed by atoms with Gasteiger partial charge in [-0.25, -0.2) is 4.98 Å². The molecule has 0 radical (unpaired) electrons. The predicted molar refractivity (Wildman–Crippen MR) is 68.9 cm³/mol. The Kier molecular flexibility index (Phi) is 5.02. The van der Waals surface area contributed by atoms with E-state index in [-0.39, 0.29) is 0 Å². The molecule has 0 aliphatic heterocycles. The Balaban J connectivity index is 2.44. The van der Waals surface area contributed by atoms with Crippen LogP contribution in [0.2, 0.25) is 0 Å². The summed E-state index contributed by atoms with van der Waals surface area (Å²) in [6.07, 6.45) is 2.42. The standard InChI is InChI=1S/C12H22N4/c1-9(2)6-5-7-14-11-8-10(3)15-12(13-4)16-11/h8-9H,5-7H2,1-4H3,(H2,13,14,15,16). The molecule has 0 spiro atoms. The molecule has 0 aromatic carbocycles. The highest BCUT2D eigenvalue weighted by Gasteiger charge is 2.00. The van der Waals surface area contributed by atoms with Crippen molar-refractivity contribution in [3.05, 3.63) is 11.8 Å². The highest BCUT2D eigenvalue weighted by molar-refractivity contribution is 5.41. The highest BCUT2D eigenvalue weighted by Crippen LogP contribution is 2.10. The van der Waals surface area contributed by atoms with Gasteiger partial charge in [0.1, 0.15) is 5.82 Å². The van der Waals surface area contributed by atoms with E-state index in [0.29, 0.717) is 5.95 Å². The molecule has 0 saturated carbocycles. The van der Waals surface area contributed by atoms with Crippen LogP contribution >= 0.6 is 0 Å². The van der Waals surface area contributed by atoms with Gasteiger partial charge in [-0.1, -0.05) is 13.8 Å². The Bertz CT molecular complexity index is 323. The Hall–Kier alpha value is -1.32. The zero-order chi connectivity index (χ0) is 12.0. The van der Waals surface area contributed by atoms with Crippen molar-refractivity contribution < 1.29 is 0 Å². The molecule has 1 aromatic rings. The van der Waals surface area contributed by atoms with Gasteiger partial charge in [-0.2, -0.15) is 4.98 Å². The summed E-state index contributed by atoms with van der Waals surface area (Å²) in [6.45, 7) is 7.43. The van der Waals surface area contributed by atoms with Crippen molar-refractivity contribution >= 4 is 11.8 Å². The lowest BCUT2D eigenvalue weighted by Crippen LogP contribution is -2.07. The monoisotopic (exact) mass is 222 g/mol. The molecule has 0 fully saturated rings. The van der Waals surface area contributed by atoms with Crippen molar-refractivity contribution in [2.75, 3.05) is 24.2 Å². The molecule has 4 nitrogen and oxygen atoms in total. The average molecular weight is 222 g/mol. The summed E-state index contributed by atoms with van der Waals surface area (Å²) in [6, 6.07) is 1.97. The predicted octanol–water partition coefficient (Wildman–Crippen LogP) is 2.67. The van der Waals surface area contributed by atoms with Crippen LogP contribution in [0.1, 0.15) is 32.4 Å². The normalized spacial score (nSPS) is 10.6. The van der Waals surface area contributed by atoms with Gasteiger partial charge in [0, 0.05) is 25.4 Å². The fourth-order valence-electron chi connectivity index (χ4n) is 1.50. The third kappa shape index (κ3) is 4.47. The molecule has 90 valence electrons. The van der Waals surface area contributed by atoms with Crippen LogP contribution in [0.4, 0.5) is 11.8 Å². The maximum atomic E-state index is 4.34. The molecule has 16 heavy (non-hydrogen) atoms. The number of aryl methyl sites for hydroxylation is 1. The maximum Gasteiger partial charge on any atom is 0.224 e. The number of rotatable bonds is 6. The van der Waals surface area contributed by atoms with Gasteiger partial charge in [0.05, 0.1) is 0 Å². The summed E-state index contributed by atoms with van der Waals surface area (Å²) in [5.74, 6) is 2.34. The highest BCUT2D eigenvalue weighted by atomic mass is 15.1. The zero-order valence-corrected chi connectivity index (χ0v) is 10.7. The second-order valence-corrected chi connectivity index (χ2v) is 4.43. The van der Waals surface area contributed by atoms with E-state index in [1.54, 1.807) is 0 Å². The van der Waals surface area contributed by atoms with Crippen LogP contribution in [0.25, 0.3) is 0 Å². The van der Waals surface area contributed by atoms with Crippen molar-refractivity contribution in [3.8, 4) is 0 Å². The summed E-state index contributed by atoms with van der Waals surface area (Å²) in [5.41, 5.74) is 0.978. The molecular formula is C12H22N4. The Labute approximate surface area is 97.9 Å². The van der Waals surface area contributed by atoms with Crippen LogP contribution in [0.3, 0.4) is 0 Å². The first kappa shape index (κ1) is 12.7. The van der Waals surface area contributed by atoms with Gasteiger partial charge in [-0.15, -0.1) is 0 Å². The summed E-state index contributed by atoms with van der Waals surface area (Å²) in [4.78, 5) is 8.58. The lowest BCUT2D eigenvalue weighted by molar-refractivity contribution is 0.566. The number of hydrogen-bond acceptors (Lipinski definition) is 4. The van der Waals surface area contributed by atoms with Crippen molar-refractivity contribution in [1.29, 1.82) is 0 Å². The van der Waals surface area contributed by atoms with Crippen LogP contribution in [0.5, 0.6) is 0 Å². The molecule has 1 aromatic heterocycles. The smallest absolute Gasteiger partial charge is 0.224 e. The molecule has 0 unspecified atom stereocenters. The van der Waals surface area contributed by atoms with Crippen LogP contribution < -0.4 is 10.6 Å². The van der Waals surface area contributed by atoms with Gasteiger partial charge >= 0.3 is 0 Å². The number of aromatic nitrogens is 2. The minimum Gasteiger partial charge on any atom is -0.370 e. The van der Waals surface area contributed by atoms with Crippen molar-refractivity contribution in [1.82, 2.24) is 9.97 Å². The molecule has 0 atom stereocenters. The van der Waals surface area contributed by atoms with E-state index < -0.39 is 0 Å². The fraction of sp³-hybridized carbons (Fsp3) is 0.667. The molecule has 0 aliphatic carbocycles. The summed E-state index contributed by atoms with van der Waals surface area (Å²) in [5, 5.41) is 6.28. The molecule has 0 bridgehead atoms. The van der Waals surface area contributed by atoms with E-state index in [1.165, 1.54) is 12.8 Å². The largest absolute Gasteiger partial charge is 0.370 e. The number of anilines is 2. The van der Waals surface area contributed by atoms with Crippen molar-refractivity contribution in [3.63, 3.8) is 0 Å². The molecule has 1 rings (SSSR count). The first-order valence-corrected chi connectivity index (χ1v) is 5.89. The Morgan fingerprint density at radius 2 is 2.06 bits per heavy atom. The van der Waals surface area contributed by atoms with Crippen molar-refractivity contribution in [2.45, 2.75) is 33.6 Å². The van der Waals surface area contributed by atoms with Gasteiger partial charge in [-0.05, 0) is 25.7 Å². The van der Waals surface area contributed by atoms with Gasteiger partial charge in [0.15, 0.2) is 0 Å². The fourth-order valence-corrected chi connectivity index (χ4v) is 1.50. The van der Waals surface area contributed by atoms with Crippen LogP contribution in [0.15, 0.2) is 6.07 Å². The average Bonchev–Trinajstić information content (AvgIpc) is 2.23.